The Balaban J connectivity index is 1.69. The van der Waals surface area contributed by atoms with Gasteiger partial charge in [-0.1, -0.05) is 12.1 Å². The van der Waals surface area contributed by atoms with Gasteiger partial charge in [-0.15, -0.1) is 0 Å². The average Bonchev–Trinajstić information content (AvgIpc) is 2.94. The molecule has 28 heavy (non-hydrogen) atoms. The maximum atomic E-state index is 12.2. The molecule has 3 aromatic rings. The Kier molecular flexibility index (Phi) is 5.50. The number of alkyl halides is 3. The van der Waals surface area contributed by atoms with Crippen molar-refractivity contribution in [2.45, 2.75) is 6.18 Å². The number of aromatic nitrogens is 3. The Morgan fingerprint density at radius 1 is 1.29 bits per heavy atom. The lowest BCUT2D eigenvalue weighted by Gasteiger charge is -2.09. The molecule has 0 aliphatic heterocycles. The summed E-state index contributed by atoms with van der Waals surface area (Å²) in [6, 6.07) is 8.48. The van der Waals surface area contributed by atoms with Gasteiger partial charge in [0.25, 0.3) is 5.91 Å². The van der Waals surface area contributed by atoms with Gasteiger partial charge in [0.1, 0.15) is 6.61 Å². The lowest BCUT2D eigenvalue weighted by atomic mass is 10.0. The number of hydrogen-bond donors (Lipinski definition) is 2. The number of hydrogen-bond acceptors (Lipinski definition) is 4. The molecule has 148 valence electrons. The number of benzene rings is 1. The summed E-state index contributed by atoms with van der Waals surface area (Å²) in [6.45, 7) is -1.64. The van der Waals surface area contributed by atoms with Gasteiger partial charge in [0.05, 0.1) is 12.1 Å². The van der Waals surface area contributed by atoms with Crippen LogP contribution in [-0.4, -0.2) is 46.4 Å². The van der Waals surface area contributed by atoms with E-state index in [1.807, 2.05) is 0 Å². The second-order valence-corrected chi connectivity index (χ2v) is 6.09. The number of H-pyrrole nitrogens is 1. The van der Waals surface area contributed by atoms with Gasteiger partial charge < -0.3 is 10.1 Å². The zero-order valence-electron chi connectivity index (χ0n) is 14.8. The second-order valence-electron chi connectivity index (χ2n) is 6.09. The predicted octanol–water partition coefficient (Wildman–Crippen LogP) is 2.24. The van der Waals surface area contributed by atoms with Gasteiger partial charge >= 0.3 is 11.9 Å². The van der Waals surface area contributed by atoms with Crippen molar-refractivity contribution in [3.63, 3.8) is 0 Å². The van der Waals surface area contributed by atoms with E-state index in [2.05, 4.69) is 20.0 Å². The third kappa shape index (κ3) is 4.58. The van der Waals surface area contributed by atoms with Crippen molar-refractivity contribution in [1.29, 1.82) is 0 Å². The molecule has 3 rings (SSSR count). The molecule has 0 saturated heterocycles. The number of amides is 1. The minimum Gasteiger partial charge on any atom is -0.370 e. The van der Waals surface area contributed by atoms with E-state index in [4.69, 9.17) is 0 Å². The van der Waals surface area contributed by atoms with Crippen molar-refractivity contribution in [1.82, 2.24) is 19.9 Å². The van der Waals surface area contributed by atoms with Crippen LogP contribution in [0.5, 0.6) is 0 Å². The fourth-order valence-corrected chi connectivity index (χ4v) is 2.62. The van der Waals surface area contributed by atoms with E-state index in [-0.39, 0.29) is 18.8 Å². The molecule has 0 bridgehead atoms. The summed E-state index contributed by atoms with van der Waals surface area (Å²) < 4.78 is 41.9. The monoisotopic (exact) mass is 394 g/mol. The highest BCUT2D eigenvalue weighted by atomic mass is 19.4. The van der Waals surface area contributed by atoms with E-state index in [9.17, 15) is 22.8 Å². The first-order chi connectivity index (χ1) is 13.2. The van der Waals surface area contributed by atoms with Crippen LogP contribution in [0.4, 0.5) is 13.2 Å². The van der Waals surface area contributed by atoms with Gasteiger partial charge in [-0.3, -0.25) is 14.3 Å². The van der Waals surface area contributed by atoms with Crippen LogP contribution in [0.15, 0.2) is 41.3 Å². The lowest BCUT2D eigenvalue weighted by Crippen LogP contribution is -2.28. The molecule has 0 aliphatic carbocycles. The third-order valence-electron chi connectivity index (χ3n) is 4.01. The number of imidazole rings is 1. The van der Waals surface area contributed by atoms with Crippen LogP contribution in [0.3, 0.4) is 0 Å². The number of aryl methyl sites for hydroxylation is 1. The minimum atomic E-state index is -4.39. The predicted molar refractivity (Wildman–Crippen MR) is 96.0 cm³/mol. The van der Waals surface area contributed by atoms with Crippen LogP contribution in [0.1, 0.15) is 10.4 Å². The number of carbonyl (C=O) groups is 1. The average molecular weight is 394 g/mol. The highest BCUT2D eigenvalue weighted by molar-refractivity contribution is 5.95. The molecular weight excluding hydrogens is 377 g/mol. The van der Waals surface area contributed by atoms with Crippen molar-refractivity contribution in [3.05, 3.63) is 52.6 Å². The van der Waals surface area contributed by atoms with Crippen LogP contribution in [-0.2, 0) is 11.8 Å². The number of ether oxygens (including phenoxy) is 1. The second kappa shape index (κ2) is 7.85. The summed E-state index contributed by atoms with van der Waals surface area (Å²) in [5.41, 5.74) is 2.58. The minimum absolute atomic E-state index is 0.0435. The molecule has 0 unspecified atom stereocenters. The molecule has 0 spiro atoms. The summed E-state index contributed by atoms with van der Waals surface area (Å²) in [5, 5.41) is 2.51. The van der Waals surface area contributed by atoms with Crippen molar-refractivity contribution < 1.29 is 22.7 Å². The molecule has 0 atom stereocenters. The fraction of sp³-hybridized carbons (Fsp3) is 0.278. The molecule has 2 aromatic heterocycles. The van der Waals surface area contributed by atoms with Crippen molar-refractivity contribution in [2.24, 2.45) is 7.05 Å². The van der Waals surface area contributed by atoms with Crippen molar-refractivity contribution >= 4 is 17.1 Å². The Labute approximate surface area is 157 Å². The van der Waals surface area contributed by atoms with Crippen molar-refractivity contribution in [2.75, 3.05) is 19.8 Å². The molecule has 0 radical (unpaired) electrons. The van der Waals surface area contributed by atoms with E-state index in [1.54, 1.807) is 43.6 Å². The van der Waals surface area contributed by atoms with E-state index >= 15 is 0 Å². The first kappa shape index (κ1) is 19.6. The summed E-state index contributed by atoms with van der Waals surface area (Å²) in [7, 11) is 1.62. The van der Waals surface area contributed by atoms with Gasteiger partial charge in [-0.25, -0.2) is 9.78 Å². The normalized spacial score (nSPS) is 11.7. The zero-order chi connectivity index (χ0) is 20.3. The number of nitrogens with zero attached hydrogens (tertiary/aromatic N) is 2. The van der Waals surface area contributed by atoms with Crippen LogP contribution in [0, 0.1) is 0 Å². The van der Waals surface area contributed by atoms with E-state index < -0.39 is 18.7 Å². The maximum absolute atomic E-state index is 12.2. The van der Waals surface area contributed by atoms with Gasteiger partial charge in [-0.05, 0) is 23.8 Å². The van der Waals surface area contributed by atoms with Crippen LogP contribution >= 0.6 is 0 Å². The molecule has 7 nitrogen and oxygen atoms in total. The summed E-state index contributed by atoms with van der Waals surface area (Å²) in [4.78, 5) is 30.7. The molecule has 1 aromatic carbocycles. The van der Waals surface area contributed by atoms with Crippen molar-refractivity contribution in [3.8, 4) is 11.1 Å². The topological polar surface area (TPSA) is 89.0 Å². The zero-order valence-corrected chi connectivity index (χ0v) is 14.8. The quantitative estimate of drug-likeness (QED) is 0.628. The van der Waals surface area contributed by atoms with Crippen LogP contribution in [0.2, 0.25) is 0 Å². The van der Waals surface area contributed by atoms with Crippen LogP contribution in [0.25, 0.3) is 22.3 Å². The highest BCUT2D eigenvalue weighted by Gasteiger charge is 2.27. The first-order valence-corrected chi connectivity index (χ1v) is 8.32. The standard InChI is InChI=1S/C18H17F3N4O3/c1-25-14-8-13(9-23-15(14)24-17(25)27)11-3-2-4-12(7-11)16(26)22-5-6-28-10-18(19,20)21/h2-4,7-9H,5-6,10H2,1H3,(H,22,26)(H,23,24,27). The lowest BCUT2D eigenvalue weighted by molar-refractivity contribution is -0.173. The van der Waals surface area contributed by atoms with E-state index in [1.165, 1.54) is 4.57 Å². The number of fused-ring (bicyclic) bond motifs is 1. The molecule has 0 saturated carbocycles. The number of pyridine rings is 1. The van der Waals surface area contributed by atoms with Gasteiger partial charge in [-0.2, -0.15) is 13.2 Å². The molecule has 1 amide bonds. The molecule has 2 heterocycles. The maximum Gasteiger partial charge on any atom is 0.411 e. The largest absolute Gasteiger partial charge is 0.411 e. The Morgan fingerprint density at radius 3 is 2.82 bits per heavy atom. The van der Waals surface area contributed by atoms with Crippen LogP contribution < -0.4 is 11.0 Å². The molecule has 2 N–H and O–H groups in total. The molecule has 0 aliphatic rings. The Morgan fingerprint density at radius 2 is 2.07 bits per heavy atom. The number of halogens is 3. The molecule has 10 heteroatoms. The Bertz CT molecular complexity index is 1060. The number of rotatable bonds is 6. The SMILES string of the molecule is Cn1c(=O)[nH]c2ncc(-c3cccc(C(=O)NCCOCC(F)(F)F)c3)cc21. The summed E-state index contributed by atoms with van der Waals surface area (Å²) in [5.74, 6) is -0.430. The first-order valence-electron chi connectivity index (χ1n) is 8.32. The van der Waals surface area contributed by atoms with E-state index in [0.29, 0.717) is 27.9 Å². The molecule has 0 fully saturated rings. The summed E-state index contributed by atoms with van der Waals surface area (Å²) in [6.07, 6.45) is -2.81. The fourth-order valence-electron chi connectivity index (χ4n) is 2.62. The molecular formula is C18H17F3N4O3. The van der Waals surface area contributed by atoms with Gasteiger partial charge in [0, 0.05) is 30.9 Å². The Hall–Kier alpha value is -3.14. The number of nitrogens with one attached hydrogen (secondary N) is 2. The third-order valence-corrected chi connectivity index (χ3v) is 4.01. The van der Waals surface area contributed by atoms with Gasteiger partial charge in [0.15, 0.2) is 5.65 Å². The smallest absolute Gasteiger partial charge is 0.370 e. The highest BCUT2D eigenvalue weighted by Crippen LogP contribution is 2.22. The summed E-state index contributed by atoms with van der Waals surface area (Å²) >= 11 is 0. The number of carbonyl (C=O) groups excluding carboxylic acids is 1. The number of aromatic amines is 1. The van der Waals surface area contributed by atoms with Gasteiger partial charge in [0.2, 0.25) is 0 Å². The van der Waals surface area contributed by atoms with E-state index in [0.717, 1.165) is 0 Å².